The highest BCUT2D eigenvalue weighted by atomic mass is 32.2. The van der Waals surface area contributed by atoms with Gasteiger partial charge in [0.25, 0.3) is 0 Å². The maximum Gasteiger partial charge on any atom is 0.245 e. The van der Waals surface area contributed by atoms with Gasteiger partial charge in [-0.05, 0) is 43.7 Å². The van der Waals surface area contributed by atoms with Crippen LogP contribution in [0, 0.1) is 6.92 Å². The molecule has 0 aromatic heterocycles. The molecule has 1 aliphatic heterocycles. The van der Waals surface area contributed by atoms with Gasteiger partial charge < -0.3 is 9.80 Å². The molecule has 0 bridgehead atoms. The topological polar surface area (TPSA) is 60.9 Å². The Morgan fingerprint density at radius 3 is 2.11 bits per heavy atom. The van der Waals surface area contributed by atoms with Crippen molar-refractivity contribution in [1.29, 1.82) is 0 Å². The summed E-state index contributed by atoms with van der Waals surface area (Å²) in [5.74, 6) is -0.143. The van der Waals surface area contributed by atoms with Gasteiger partial charge in [-0.25, -0.2) is 8.42 Å². The number of anilines is 1. The molecule has 3 rings (SSSR count). The third kappa shape index (κ3) is 3.64. The normalized spacial score (nSPS) is 20.4. The molecule has 7 heteroatoms. The van der Waals surface area contributed by atoms with Crippen LogP contribution in [-0.4, -0.2) is 50.2 Å². The van der Waals surface area contributed by atoms with Crippen molar-refractivity contribution >= 4 is 21.6 Å². The lowest BCUT2D eigenvalue weighted by molar-refractivity contribution is -0.132. The summed E-state index contributed by atoms with van der Waals surface area (Å²) < 4.78 is 28.2. The van der Waals surface area contributed by atoms with Crippen LogP contribution in [0.2, 0.25) is 0 Å². The molecule has 1 fully saturated rings. The molecule has 0 radical (unpaired) electrons. The van der Waals surface area contributed by atoms with Crippen LogP contribution in [0.25, 0.3) is 0 Å². The van der Waals surface area contributed by atoms with Crippen LogP contribution in [0.5, 0.6) is 0 Å². The maximum atomic E-state index is 13.4. The first-order valence-corrected chi connectivity index (χ1v) is 10.7. The number of hydrogen-bond donors (Lipinski definition) is 0. The first kappa shape index (κ1) is 20.4. The molecule has 0 N–H and O–H groups in total. The molecule has 6 nitrogen and oxygen atoms in total. The van der Waals surface area contributed by atoms with Gasteiger partial charge in [0.1, 0.15) is 6.17 Å². The Morgan fingerprint density at radius 2 is 1.61 bits per heavy atom. The molecule has 2 aromatic carbocycles. The summed E-state index contributed by atoms with van der Waals surface area (Å²) in [7, 11) is 0.145. The molecule has 2 unspecified atom stereocenters. The lowest BCUT2D eigenvalue weighted by Crippen LogP contribution is -2.38. The van der Waals surface area contributed by atoms with Gasteiger partial charge in [0.05, 0.1) is 4.90 Å². The van der Waals surface area contributed by atoms with Crippen LogP contribution in [0.3, 0.4) is 0 Å². The van der Waals surface area contributed by atoms with Gasteiger partial charge in [0.15, 0.2) is 0 Å². The molecule has 0 saturated carbocycles. The second-order valence-corrected chi connectivity index (χ2v) is 9.41. The van der Waals surface area contributed by atoms with E-state index in [4.69, 9.17) is 0 Å². The number of carbonyl (C=O) groups is 1. The zero-order valence-corrected chi connectivity index (χ0v) is 17.8. The molecule has 1 saturated heterocycles. The molecule has 1 amide bonds. The molecule has 1 aliphatic rings. The Kier molecular flexibility index (Phi) is 5.50. The lowest BCUT2D eigenvalue weighted by Gasteiger charge is -2.31. The molecule has 150 valence electrons. The molecule has 2 aromatic rings. The highest BCUT2D eigenvalue weighted by Gasteiger charge is 2.45. The van der Waals surface area contributed by atoms with Crippen LogP contribution >= 0.6 is 0 Å². The third-order valence-electron chi connectivity index (χ3n) is 5.15. The number of amides is 1. The first-order chi connectivity index (χ1) is 13.1. The van der Waals surface area contributed by atoms with Crippen LogP contribution in [0.4, 0.5) is 5.69 Å². The minimum absolute atomic E-state index is 0.143. The first-order valence-electron chi connectivity index (χ1n) is 9.27. The van der Waals surface area contributed by atoms with E-state index in [9.17, 15) is 13.2 Å². The standard InChI is InChI=1S/C21H27N3O3S/c1-15-6-12-20(13-7-15)28(26,27)23-14-16(2)24(17(3)25)21(23)18-8-10-19(11-9-18)22(4)5/h6-13,16,21H,14H2,1-5H3. The van der Waals surface area contributed by atoms with Gasteiger partial charge in [-0.2, -0.15) is 4.31 Å². The Morgan fingerprint density at radius 1 is 1.04 bits per heavy atom. The Hall–Kier alpha value is -2.38. The largest absolute Gasteiger partial charge is 0.378 e. The van der Waals surface area contributed by atoms with Crippen molar-refractivity contribution < 1.29 is 13.2 Å². The van der Waals surface area contributed by atoms with E-state index in [0.29, 0.717) is 0 Å². The van der Waals surface area contributed by atoms with E-state index in [1.165, 1.54) is 11.2 Å². The van der Waals surface area contributed by atoms with E-state index in [0.717, 1.165) is 16.8 Å². The van der Waals surface area contributed by atoms with Crippen LogP contribution < -0.4 is 4.90 Å². The zero-order chi connectivity index (χ0) is 20.6. The fourth-order valence-electron chi connectivity index (χ4n) is 3.66. The van der Waals surface area contributed by atoms with E-state index < -0.39 is 16.2 Å². The monoisotopic (exact) mass is 401 g/mol. The average molecular weight is 402 g/mol. The van der Waals surface area contributed by atoms with Gasteiger partial charge in [-0.15, -0.1) is 0 Å². The van der Waals surface area contributed by atoms with E-state index in [1.807, 2.05) is 57.1 Å². The van der Waals surface area contributed by atoms with Gasteiger partial charge in [-0.1, -0.05) is 29.8 Å². The fraction of sp³-hybridized carbons (Fsp3) is 0.381. The predicted octanol–water partition coefficient (Wildman–Crippen LogP) is 3.00. The maximum absolute atomic E-state index is 13.4. The summed E-state index contributed by atoms with van der Waals surface area (Å²) in [5, 5.41) is 0. The van der Waals surface area contributed by atoms with E-state index in [-0.39, 0.29) is 23.4 Å². The summed E-state index contributed by atoms with van der Waals surface area (Å²) in [6.45, 7) is 5.55. The molecule has 1 heterocycles. The number of rotatable bonds is 4. The van der Waals surface area contributed by atoms with Crippen molar-refractivity contribution in [3.63, 3.8) is 0 Å². The molecule has 0 aliphatic carbocycles. The minimum Gasteiger partial charge on any atom is -0.378 e. The molecule has 0 spiro atoms. The summed E-state index contributed by atoms with van der Waals surface area (Å²) >= 11 is 0. The van der Waals surface area contributed by atoms with Gasteiger partial charge >= 0.3 is 0 Å². The number of nitrogens with zero attached hydrogens (tertiary/aromatic N) is 3. The van der Waals surface area contributed by atoms with Crippen LogP contribution in [0.1, 0.15) is 31.1 Å². The summed E-state index contributed by atoms with van der Waals surface area (Å²) in [4.78, 5) is 16.2. The Bertz CT molecular complexity index is 953. The Labute approximate surface area is 167 Å². The number of carbonyl (C=O) groups excluding carboxylic acids is 1. The van der Waals surface area contributed by atoms with Crippen molar-refractivity contribution in [2.75, 3.05) is 25.5 Å². The summed E-state index contributed by atoms with van der Waals surface area (Å²) in [6.07, 6.45) is -0.657. The lowest BCUT2D eigenvalue weighted by atomic mass is 10.1. The Balaban J connectivity index is 2.08. The SMILES string of the molecule is CC(=O)N1C(C)CN(S(=O)(=O)c2ccc(C)cc2)C1c1ccc(N(C)C)cc1. The average Bonchev–Trinajstić information content (AvgIpc) is 3.00. The van der Waals surface area contributed by atoms with Crippen molar-refractivity contribution in [2.24, 2.45) is 0 Å². The van der Waals surface area contributed by atoms with Crippen LogP contribution in [-0.2, 0) is 14.8 Å². The molecule has 2 atom stereocenters. The zero-order valence-electron chi connectivity index (χ0n) is 17.0. The second-order valence-electron chi connectivity index (χ2n) is 7.52. The highest BCUT2D eigenvalue weighted by Crippen LogP contribution is 2.38. The molecular formula is C21H27N3O3S. The predicted molar refractivity (Wildman–Crippen MR) is 111 cm³/mol. The van der Waals surface area contributed by atoms with Crippen molar-refractivity contribution in [2.45, 2.75) is 37.9 Å². The highest BCUT2D eigenvalue weighted by molar-refractivity contribution is 7.89. The molecular weight excluding hydrogens is 374 g/mol. The van der Waals surface area contributed by atoms with Crippen molar-refractivity contribution in [1.82, 2.24) is 9.21 Å². The van der Waals surface area contributed by atoms with Crippen molar-refractivity contribution in [3.8, 4) is 0 Å². The minimum atomic E-state index is -3.75. The quantitative estimate of drug-likeness (QED) is 0.790. The number of aryl methyl sites for hydroxylation is 1. The van der Waals surface area contributed by atoms with E-state index in [2.05, 4.69) is 0 Å². The number of benzene rings is 2. The van der Waals surface area contributed by atoms with Gasteiger partial charge in [0.2, 0.25) is 15.9 Å². The number of hydrogen-bond acceptors (Lipinski definition) is 4. The third-order valence-corrected chi connectivity index (χ3v) is 6.99. The van der Waals surface area contributed by atoms with Gasteiger partial charge in [-0.3, -0.25) is 4.79 Å². The summed E-state index contributed by atoms with van der Waals surface area (Å²) in [5.41, 5.74) is 2.79. The van der Waals surface area contributed by atoms with E-state index >= 15 is 0 Å². The smallest absolute Gasteiger partial charge is 0.245 e. The fourth-order valence-corrected chi connectivity index (χ4v) is 5.31. The summed E-state index contributed by atoms with van der Waals surface area (Å²) in [6, 6.07) is 14.3. The van der Waals surface area contributed by atoms with Crippen LogP contribution in [0.15, 0.2) is 53.4 Å². The molecule has 28 heavy (non-hydrogen) atoms. The van der Waals surface area contributed by atoms with E-state index in [1.54, 1.807) is 29.2 Å². The number of sulfonamides is 1. The van der Waals surface area contributed by atoms with Crippen molar-refractivity contribution in [3.05, 3.63) is 59.7 Å². The second kappa shape index (κ2) is 7.56. The van der Waals surface area contributed by atoms with Gasteiger partial charge in [0, 0.05) is 39.3 Å².